The molecule has 0 unspecified atom stereocenters. The number of benzene rings is 2. The first-order valence-electron chi connectivity index (χ1n) is 8.13. The Morgan fingerprint density at radius 3 is 2.50 bits per heavy atom. The van der Waals surface area contributed by atoms with E-state index in [9.17, 15) is 10.1 Å². The molecule has 2 aromatic carbocycles. The lowest BCUT2D eigenvalue weighted by molar-refractivity contribution is -0.384. The zero-order valence-corrected chi connectivity index (χ0v) is 16.7. The van der Waals surface area contributed by atoms with Crippen LogP contribution in [0, 0.1) is 10.1 Å². The van der Waals surface area contributed by atoms with Gasteiger partial charge in [0, 0.05) is 37.5 Å². The Morgan fingerprint density at radius 1 is 1.18 bits per heavy atom. The van der Waals surface area contributed by atoms with Crippen molar-refractivity contribution in [2.24, 2.45) is 5.10 Å². The van der Waals surface area contributed by atoms with Gasteiger partial charge < -0.3 is 19.7 Å². The number of nitrogens with one attached hydrogen (secondary N) is 2. The normalized spacial score (nSPS) is 10.4. The molecule has 0 aliphatic rings. The van der Waals surface area contributed by atoms with Crippen molar-refractivity contribution in [2.75, 3.05) is 38.5 Å². The minimum Gasteiger partial charge on any atom is -0.493 e. The number of nitro benzene ring substituents is 1. The van der Waals surface area contributed by atoms with Gasteiger partial charge in [0.25, 0.3) is 5.69 Å². The summed E-state index contributed by atoms with van der Waals surface area (Å²) in [5.41, 5.74) is 4.44. The molecule has 0 atom stereocenters. The Morgan fingerprint density at radius 2 is 1.89 bits per heavy atom. The van der Waals surface area contributed by atoms with Crippen molar-refractivity contribution in [3.8, 4) is 11.5 Å². The van der Waals surface area contributed by atoms with Crippen molar-refractivity contribution >= 4 is 40.6 Å². The maximum atomic E-state index is 11.2. The van der Waals surface area contributed by atoms with Crippen LogP contribution < -0.4 is 25.1 Å². The van der Waals surface area contributed by atoms with Crippen molar-refractivity contribution in [2.45, 2.75) is 0 Å². The standard InChI is InChI=1S/C18H21N5O4S/c1-22(2)14-7-5-12(9-15(14)23(24)25)11-19-21-18(28)20-13-6-8-16(26-3)17(10-13)27-4/h5-11H,1-4H3,(H2,20,21,28)/b19-11-. The van der Waals surface area contributed by atoms with Gasteiger partial charge >= 0.3 is 0 Å². The average Bonchev–Trinajstić information content (AvgIpc) is 2.67. The van der Waals surface area contributed by atoms with Crippen LogP contribution in [0.25, 0.3) is 0 Å². The van der Waals surface area contributed by atoms with Crippen molar-refractivity contribution in [1.29, 1.82) is 0 Å². The maximum absolute atomic E-state index is 11.2. The lowest BCUT2D eigenvalue weighted by Crippen LogP contribution is -2.23. The van der Waals surface area contributed by atoms with E-state index >= 15 is 0 Å². The van der Waals surface area contributed by atoms with Crippen LogP contribution in [-0.4, -0.2) is 44.6 Å². The van der Waals surface area contributed by atoms with E-state index in [1.807, 2.05) is 0 Å². The molecular formula is C18H21N5O4S. The fraction of sp³-hybridized carbons (Fsp3) is 0.222. The van der Waals surface area contributed by atoms with Gasteiger partial charge in [0.05, 0.1) is 25.4 Å². The predicted octanol–water partition coefficient (Wildman–Crippen LogP) is 3.00. The van der Waals surface area contributed by atoms with Gasteiger partial charge in [-0.3, -0.25) is 15.5 Å². The Balaban J connectivity index is 2.03. The summed E-state index contributed by atoms with van der Waals surface area (Å²) in [4.78, 5) is 12.5. The number of anilines is 2. The van der Waals surface area contributed by atoms with Crippen molar-refractivity contribution in [3.63, 3.8) is 0 Å². The van der Waals surface area contributed by atoms with Crippen LogP contribution in [0.2, 0.25) is 0 Å². The van der Waals surface area contributed by atoms with Crippen LogP contribution in [0.15, 0.2) is 41.5 Å². The minimum absolute atomic E-state index is 0.0000191. The Labute approximate surface area is 168 Å². The lowest BCUT2D eigenvalue weighted by Gasteiger charge is -2.12. The van der Waals surface area contributed by atoms with Gasteiger partial charge in [-0.2, -0.15) is 5.10 Å². The van der Waals surface area contributed by atoms with Crippen LogP contribution in [0.5, 0.6) is 11.5 Å². The lowest BCUT2D eigenvalue weighted by atomic mass is 10.2. The van der Waals surface area contributed by atoms with E-state index in [4.69, 9.17) is 21.7 Å². The molecule has 0 fully saturated rings. The Hall–Kier alpha value is -3.40. The smallest absolute Gasteiger partial charge is 0.293 e. The van der Waals surface area contributed by atoms with E-state index < -0.39 is 4.92 Å². The number of hydrogen-bond acceptors (Lipinski definition) is 7. The van der Waals surface area contributed by atoms with E-state index in [1.165, 1.54) is 12.3 Å². The second-order valence-corrected chi connectivity index (χ2v) is 6.20. The van der Waals surface area contributed by atoms with E-state index in [0.29, 0.717) is 28.4 Å². The zero-order valence-electron chi connectivity index (χ0n) is 15.9. The Kier molecular flexibility index (Phi) is 7.10. The predicted molar refractivity (Wildman–Crippen MR) is 114 cm³/mol. The molecule has 0 saturated carbocycles. The van der Waals surface area contributed by atoms with Gasteiger partial charge in [-0.1, -0.05) is 6.07 Å². The monoisotopic (exact) mass is 403 g/mol. The number of nitro groups is 1. The van der Waals surface area contributed by atoms with Crippen LogP contribution in [0.3, 0.4) is 0 Å². The van der Waals surface area contributed by atoms with Crippen LogP contribution >= 0.6 is 12.2 Å². The number of thiocarbonyl (C=S) groups is 1. The third-order valence-corrected chi connectivity index (χ3v) is 3.89. The van der Waals surface area contributed by atoms with Gasteiger partial charge in [0.15, 0.2) is 16.6 Å². The summed E-state index contributed by atoms with van der Waals surface area (Å²) >= 11 is 5.19. The molecule has 2 N–H and O–H groups in total. The number of methoxy groups -OCH3 is 2. The molecule has 10 heteroatoms. The number of ether oxygens (including phenoxy) is 2. The largest absolute Gasteiger partial charge is 0.493 e. The van der Waals surface area contributed by atoms with Crippen molar-refractivity contribution in [1.82, 2.24) is 5.43 Å². The summed E-state index contributed by atoms with van der Waals surface area (Å²) in [5.74, 6) is 1.17. The number of rotatable bonds is 7. The van der Waals surface area contributed by atoms with Crippen LogP contribution in [0.1, 0.15) is 5.56 Å². The molecule has 2 aromatic rings. The highest BCUT2D eigenvalue weighted by Crippen LogP contribution is 2.29. The third-order valence-electron chi connectivity index (χ3n) is 3.70. The van der Waals surface area contributed by atoms with Gasteiger partial charge in [0.2, 0.25) is 0 Å². The quantitative estimate of drug-likeness (QED) is 0.315. The number of hydrogen-bond donors (Lipinski definition) is 2. The van der Waals surface area contributed by atoms with E-state index in [1.54, 1.807) is 63.5 Å². The fourth-order valence-electron chi connectivity index (χ4n) is 2.38. The van der Waals surface area contributed by atoms with Crippen molar-refractivity contribution < 1.29 is 14.4 Å². The average molecular weight is 403 g/mol. The zero-order chi connectivity index (χ0) is 20.7. The molecule has 0 heterocycles. The fourth-order valence-corrected chi connectivity index (χ4v) is 2.55. The first-order chi connectivity index (χ1) is 13.3. The van der Waals surface area contributed by atoms with Gasteiger partial charge in [-0.05, 0) is 30.4 Å². The molecule has 2 rings (SSSR count). The SMILES string of the molecule is COc1ccc(NC(=S)N/N=C\c2ccc(N(C)C)c([N+](=O)[O-])c2)cc1OC. The second kappa shape index (κ2) is 9.51. The molecule has 0 spiro atoms. The van der Waals surface area contributed by atoms with Gasteiger partial charge in [0.1, 0.15) is 5.69 Å². The first kappa shape index (κ1) is 20.9. The summed E-state index contributed by atoms with van der Waals surface area (Å²) in [5, 5.41) is 18.5. The van der Waals surface area contributed by atoms with Crippen molar-refractivity contribution in [3.05, 3.63) is 52.1 Å². The van der Waals surface area contributed by atoms with Crippen LogP contribution in [-0.2, 0) is 0 Å². The molecule has 0 aromatic heterocycles. The highest BCUT2D eigenvalue weighted by Gasteiger charge is 2.15. The number of hydrazone groups is 1. The van der Waals surface area contributed by atoms with E-state index in [2.05, 4.69) is 15.8 Å². The molecule has 0 bridgehead atoms. The maximum Gasteiger partial charge on any atom is 0.293 e. The number of nitrogens with zero attached hydrogens (tertiary/aromatic N) is 3. The Bertz CT molecular complexity index is 902. The summed E-state index contributed by atoms with van der Waals surface area (Å²) in [7, 11) is 6.59. The van der Waals surface area contributed by atoms with E-state index in [-0.39, 0.29) is 10.8 Å². The summed E-state index contributed by atoms with van der Waals surface area (Å²) in [6, 6.07) is 10.1. The van der Waals surface area contributed by atoms with Crippen LogP contribution in [0.4, 0.5) is 17.1 Å². The highest BCUT2D eigenvalue weighted by molar-refractivity contribution is 7.80. The molecule has 0 aliphatic heterocycles. The molecule has 0 radical (unpaired) electrons. The van der Waals surface area contributed by atoms with Gasteiger partial charge in [-0.15, -0.1) is 0 Å². The molecule has 0 saturated heterocycles. The second-order valence-electron chi connectivity index (χ2n) is 5.79. The summed E-state index contributed by atoms with van der Waals surface area (Å²) in [6.07, 6.45) is 1.45. The molecule has 28 heavy (non-hydrogen) atoms. The molecule has 0 amide bonds. The van der Waals surface area contributed by atoms with E-state index in [0.717, 1.165) is 0 Å². The first-order valence-corrected chi connectivity index (χ1v) is 8.54. The summed E-state index contributed by atoms with van der Waals surface area (Å²) < 4.78 is 10.4. The third kappa shape index (κ3) is 5.30. The van der Waals surface area contributed by atoms with Gasteiger partial charge in [-0.25, -0.2) is 0 Å². The molecule has 9 nitrogen and oxygen atoms in total. The minimum atomic E-state index is -0.427. The topological polar surface area (TPSA) is 101 Å². The molecule has 0 aliphatic carbocycles. The molecule has 148 valence electrons. The summed E-state index contributed by atoms with van der Waals surface area (Å²) in [6.45, 7) is 0. The molecular weight excluding hydrogens is 382 g/mol. The highest BCUT2D eigenvalue weighted by atomic mass is 32.1.